The van der Waals surface area contributed by atoms with Crippen molar-refractivity contribution < 1.29 is 14.3 Å². The second-order valence-corrected chi connectivity index (χ2v) is 5.35. The molecule has 1 N–H and O–H groups in total. The Hall–Kier alpha value is -1.06. The van der Waals surface area contributed by atoms with E-state index in [1.54, 1.807) is 7.05 Å². The van der Waals surface area contributed by atoms with Crippen LogP contribution in [0.2, 0.25) is 0 Å². The predicted molar refractivity (Wildman–Crippen MR) is 81.5 cm³/mol. The zero-order chi connectivity index (χ0) is 15.2. The molecule has 4 nitrogen and oxygen atoms in total. The minimum atomic E-state index is -0.221. The fourth-order valence-corrected chi connectivity index (χ4v) is 2.26. The fourth-order valence-electron chi connectivity index (χ4n) is 2.26. The average Bonchev–Trinajstić information content (AvgIpc) is 2.41. The minimum Gasteiger partial charge on any atom is -0.463 e. The van der Waals surface area contributed by atoms with Crippen LogP contribution in [0.3, 0.4) is 0 Å². The largest absolute Gasteiger partial charge is 0.463 e. The summed E-state index contributed by atoms with van der Waals surface area (Å²) >= 11 is 0. The predicted octanol–water partition coefficient (Wildman–Crippen LogP) is 3.59. The third-order valence-corrected chi connectivity index (χ3v) is 3.42. The Bertz CT molecular complexity index is 266. The summed E-state index contributed by atoms with van der Waals surface area (Å²) in [7, 11) is 1.64. The SMILES string of the molecule is CCCCCCCC[C@H](CCCC(=O)NC)OC(C)=O. The average molecular weight is 285 g/mol. The molecule has 0 aliphatic rings. The van der Waals surface area contributed by atoms with Crippen molar-refractivity contribution in [1.82, 2.24) is 5.32 Å². The van der Waals surface area contributed by atoms with Gasteiger partial charge in [0.25, 0.3) is 0 Å². The van der Waals surface area contributed by atoms with Crippen molar-refractivity contribution in [3.63, 3.8) is 0 Å². The maximum atomic E-state index is 11.2. The summed E-state index contributed by atoms with van der Waals surface area (Å²) in [6, 6.07) is 0. The molecule has 0 saturated heterocycles. The van der Waals surface area contributed by atoms with Gasteiger partial charge < -0.3 is 10.1 Å². The normalized spacial score (nSPS) is 11.9. The second kappa shape index (κ2) is 12.9. The molecule has 0 aliphatic carbocycles. The number of carbonyl (C=O) groups excluding carboxylic acids is 2. The van der Waals surface area contributed by atoms with Gasteiger partial charge in [-0.2, -0.15) is 0 Å². The Balaban J connectivity index is 3.78. The highest BCUT2D eigenvalue weighted by atomic mass is 16.5. The first-order valence-corrected chi connectivity index (χ1v) is 7.98. The molecular weight excluding hydrogens is 254 g/mol. The first-order valence-electron chi connectivity index (χ1n) is 7.98. The highest BCUT2D eigenvalue weighted by molar-refractivity contribution is 5.75. The van der Waals surface area contributed by atoms with Crippen molar-refractivity contribution in [2.24, 2.45) is 0 Å². The number of ether oxygens (including phenoxy) is 1. The molecule has 1 amide bonds. The maximum Gasteiger partial charge on any atom is 0.302 e. The van der Waals surface area contributed by atoms with Crippen LogP contribution in [0, 0.1) is 0 Å². The van der Waals surface area contributed by atoms with Gasteiger partial charge in [0.1, 0.15) is 6.10 Å². The number of amides is 1. The van der Waals surface area contributed by atoms with Gasteiger partial charge in [0.2, 0.25) is 5.91 Å². The van der Waals surface area contributed by atoms with E-state index < -0.39 is 0 Å². The Kier molecular flexibility index (Phi) is 12.3. The van der Waals surface area contributed by atoms with Gasteiger partial charge in [-0.1, -0.05) is 39.0 Å². The van der Waals surface area contributed by atoms with Crippen LogP contribution in [0.25, 0.3) is 0 Å². The molecule has 0 aromatic heterocycles. The summed E-state index contributed by atoms with van der Waals surface area (Å²) in [5.74, 6) is -0.174. The van der Waals surface area contributed by atoms with Gasteiger partial charge in [-0.15, -0.1) is 0 Å². The molecule has 20 heavy (non-hydrogen) atoms. The van der Waals surface area contributed by atoms with E-state index in [1.807, 2.05) is 0 Å². The van der Waals surface area contributed by atoms with E-state index in [1.165, 1.54) is 39.0 Å². The lowest BCUT2D eigenvalue weighted by atomic mass is 10.0. The van der Waals surface area contributed by atoms with Gasteiger partial charge in [-0.05, 0) is 25.7 Å². The van der Waals surface area contributed by atoms with Crippen LogP contribution in [-0.2, 0) is 14.3 Å². The van der Waals surface area contributed by atoms with Crippen LogP contribution >= 0.6 is 0 Å². The number of unbranched alkanes of at least 4 members (excludes halogenated alkanes) is 5. The van der Waals surface area contributed by atoms with Gasteiger partial charge in [-0.25, -0.2) is 0 Å². The quantitative estimate of drug-likeness (QED) is 0.440. The van der Waals surface area contributed by atoms with E-state index in [-0.39, 0.29) is 18.0 Å². The monoisotopic (exact) mass is 285 g/mol. The summed E-state index contributed by atoms with van der Waals surface area (Å²) in [6.45, 7) is 3.66. The summed E-state index contributed by atoms with van der Waals surface area (Å²) in [4.78, 5) is 22.2. The number of hydrogen-bond acceptors (Lipinski definition) is 3. The summed E-state index contributed by atoms with van der Waals surface area (Å²) in [6.07, 6.45) is 10.4. The highest BCUT2D eigenvalue weighted by Crippen LogP contribution is 2.15. The van der Waals surface area contributed by atoms with Crippen LogP contribution in [0.4, 0.5) is 0 Å². The van der Waals surface area contributed by atoms with Crippen molar-refractivity contribution in [2.75, 3.05) is 7.05 Å². The lowest BCUT2D eigenvalue weighted by molar-refractivity contribution is -0.147. The van der Waals surface area contributed by atoms with E-state index >= 15 is 0 Å². The Labute approximate surface area is 123 Å². The fraction of sp³-hybridized carbons (Fsp3) is 0.875. The third-order valence-electron chi connectivity index (χ3n) is 3.42. The van der Waals surface area contributed by atoms with Crippen LogP contribution in [-0.4, -0.2) is 25.0 Å². The zero-order valence-corrected chi connectivity index (χ0v) is 13.4. The van der Waals surface area contributed by atoms with Gasteiger partial charge in [0, 0.05) is 20.4 Å². The molecule has 0 aromatic rings. The summed E-state index contributed by atoms with van der Waals surface area (Å²) < 4.78 is 5.32. The molecule has 4 heteroatoms. The molecule has 0 saturated carbocycles. The molecule has 0 radical (unpaired) electrons. The Morgan fingerprint density at radius 2 is 1.60 bits per heavy atom. The Morgan fingerprint density at radius 3 is 2.20 bits per heavy atom. The standard InChI is InChI=1S/C16H31NO3/c1-4-5-6-7-8-9-11-15(20-14(2)18)12-10-13-16(19)17-3/h15H,4-13H2,1-3H3,(H,17,19)/t15-/m1/s1. The van der Waals surface area contributed by atoms with E-state index in [4.69, 9.17) is 4.74 Å². The number of carbonyl (C=O) groups is 2. The first kappa shape index (κ1) is 18.9. The van der Waals surface area contributed by atoms with Crippen LogP contribution < -0.4 is 5.32 Å². The smallest absolute Gasteiger partial charge is 0.302 e. The van der Waals surface area contributed by atoms with E-state index in [0.29, 0.717) is 6.42 Å². The highest BCUT2D eigenvalue weighted by Gasteiger charge is 2.12. The molecule has 118 valence electrons. The van der Waals surface area contributed by atoms with E-state index in [0.717, 1.165) is 25.7 Å². The van der Waals surface area contributed by atoms with Gasteiger partial charge in [0.05, 0.1) is 0 Å². The molecule has 0 heterocycles. The summed E-state index contributed by atoms with van der Waals surface area (Å²) in [5.41, 5.74) is 0. The Morgan fingerprint density at radius 1 is 1.00 bits per heavy atom. The molecule has 0 aliphatic heterocycles. The molecule has 0 unspecified atom stereocenters. The van der Waals surface area contributed by atoms with E-state index in [9.17, 15) is 9.59 Å². The molecule has 0 aromatic carbocycles. The minimum absolute atomic E-state index is 0.0247. The second-order valence-electron chi connectivity index (χ2n) is 5.35. The van der Waals surface area contributed by atoms with Gasteiger partial charge >= 0.3 is 5.97 Å². The molecule has 0 fully saturated rings. The number of esters is 1. The molecule has 0 bridgehead atoms. The topological polar surface area (TPSA) is 55.4 Å². The third kappa shape index (κ3) is 12.0. The number of rotatable bonds is 12. The van der Waals surface area contributed by atoms with Crippen molar-refractivity contribution in [1.29, 1.82) is 0 Å². The lowest BCUT2D eigenvalue weighted by Gasteiger charge is -2.16. The van der Waals surface area contributed by atoms with Crippen LogP contribution in [0.15, 0.2) is 0 Å². The van der Waals surface area contributed by atoms with Crippen LogP contribution in [0.1, 0.15) is 78.1 Å². The molecular formula is C16H31NO3. The zero-order valence-electron chi connectivity index (χ0n) is 13.4. The van der Waals surface area contributed by atoms with Gasteiger partial charge in [-0.3, -0.25) is 9.59 Å². The summed E-state index contributed by atoms with van der Waals surface area (Å²) in [5, 5.41) is 2.60. The van der Waals surface area contributed by atoms with Crippen molar-refractivity contribution in [3.8, 4) is 0 Å². The lowest BCUT2D eigenvalue weighted by Crippen LogP contribution is -2.20. The molecule has 1 atom stereocenters. The maximum absolute atomic E-state index is 11.2. The molecule has 0 spiro atoms. The van der Waals surface area contributed by atoms with Crippen molar-refractivity contribution in [3.05, 3.63) is 0 Å². The van der Waals surface area contributed by atoms with Gasteiger partial charge in [0.15, 0.2) is 0 Å². The first-order chi connectivity index (χ1) is 9.60. The number of nitrogens with one attached hydrogen (secondary N) is 1. The molecule has 0 rings (SSSR count). The van der Waals surface area contributed by atoms with Crippen molar-refractivity contribution in [2.45, 2.75) is 84.2 Å². The van der Waals surface area contributed by atoms with E-state index in [2.05, 4.69) is 12.2 Å². The number of hydrogen-bond donors (Lipinski definition) is 1. The van der Waals surface area contributed by atoms with Crippen molar-refractivity contribution >= 4 is 11.9 Å². The van der Waals surface area contributed by atoms with Crippen LogP contribution in [0.5, 0.6) is 0 Å².